The van der Waals surface area contributed by atoms with Gasteiger partial charge in [-0.25, -0.2) is 13.2 Å². The van der Waals surface area contributed by atoms with E-state index in [9.17, 15) is 27.6 Å². The molecule has 10 aliphatic carbocycles. The van der Waals surface area contributed by atoms with Crippen LogP contribution in [0.4, 0.5) is 13.2 Å². The van der Waals surface area contributed by atoms with Crippen LogP contribution in [0.25, 0.3) is 0 Å². The number of hydrogen-bond acceptors (Lipinski definition) is 6. The summed E-state index contributed by atoms with van der Waals surface area (Å²) < 4.78 is 47.4. The zero-order chi connectivity index (χ0) is 68.9. The van der Waals surface area contributed by atoms with Crippen LogP contribution in [0, 0.1) is 34.2 Å². The van der Waals surface area contributed by atoms with Gasteiger partial charge < -0.3 is 16.0 Å². The average molecular weight is 1370 g/mol. The lowest BCUT2D eigenvalue weighted by molar-refractivity contribution is 0.0731. The summed E-state index contributed by atoms with van der Waals surface area (Å²) in [6, 6.07) is 22.9. The first kappa shape index (κ1) is 70.5. The van der Waals surface area contributed by atoms with E-state index in [-0.39, 0.29) is 52.0 Å². The predicted octanol–water partition coefficient (Wildman–Crippen LogP) is 19.6. The van der Waals surface area contributed by atoms with Gasteiger partial charge in [0.25, 0.3) is 17.7 Å². The highest BCUT2D eigenvalue weighted by Gasteiger charge is 2.60. The van der Waals surface area contributed by atoms with E-state index in [1.54, 1.807) is 36.4 Å². The van der Waals surface area contributed by atoms with Crippen LogP contribution in [-0.2, 0) is 38.5 Å². The van der Waals surface area contributed by atoms with E-state index < -0.39 is 0 Å². The molecule has 6 atom stereocenters. The van der Waals surface area contributed by atoms with Crippen LogP contribution < -0.4 is 16.0 Å². The van der Waals surface area contributed by atoms with Gasteiger partial charge in [-0.05, 0) is 237 Å². The average Bonchev–Trinajstić information content (AvgIpc) is 1.56. The van der Waals surface area contributed by atoms with Crippen LogP contribution in [0.15, 0.2) is 72.8 Å². The van der Waals surface area contributed by atoms with E-state index in [0.717, 1.165) is 172 Å². The third kappa shape index (κ3) is 15.7. The molecule has 10 aliphatic rings. The summed E-state index contributed by atoms with van der Waals surface area (Å²) in [4.78, 5) is 40.6. The van der Waals surface area contributed by atoms with Gasteiger partial charge in [0, 0.05) is 69.7 Å². The fourth-order valence-electron chi connectivity index (χ4n) is 20.6. The van der Waals surface area contributed by atoms with Crippen molar-refractivity contribution in [2.75, 3.05) is 0 Å². The Kier molecular flexibility index (Phi) is 22.3. The van der Waals surface area contributed by atoms with Gasteiger partial charge in [0.05, 0.1) is 18.1 Å². The molecule has 0 spiro atoms. The van der Waals surface area contributed by atoms with Crippen LogP contribution >= 0.6 is 0 Å². The third-order valence-corrected chi connectivity index (χ3v) is 26.3. The number of rotatable bonds is 15. The molecule has 2 bridgehead atoms. The molecule has 0 aliphatic heterocycles. The van der Waals surface area contributed by atoms with Gasteiger partial charge in [-0.1, -0.05) is 147 Å². The van der Waals surface area contributed by atoms with Gasteiger partial charge in [0.2, 0.25) is 0 Å². The Balaban J connectivity index is 0.000000128. The maximum atomic E-state index is 14.1. The van der Waals surface area contributed by atoms with Crippen molar-refractivity contribution in [2.45, 2.75) is 332 Å². The summed E-state index contributed by atoms with van der Waals surface area (Å²) in [6.45, 7) is 7.09. The maximum absolute atomic E-state index is 14.1. The van der Waals surface area contributed by atoms with Crippen molar-refractivity contribution in [3.05, 3.63) is 158 Å². The molecule has 5 unspecified atom stereocenters. The van der Waals surface area contributed by atoms with Crippen LogP contribution in [0.1, 0.15) is 357 Å². The van der Waals surface area contributed by atoms with Crippen molar-refractivity contribution in [1.82, 2.24) is 45.3 Å². The molecule has 100 heavy (non-hydrogen) atoms. The number of carbonyl (C=O) groups excluding carboxylic acids is 3. The van der Waals surface area contributed by atoms with E-state index in [0.29, 0.717) is 71.0 Å². The molecule has 16 rings (SSSR count). The number of nitrogens with one attached hydrogen (secondary N) is 3. The van der Waals surface area contributed by atoms with Gasteiger partial charge in [-0.15, -0.1) is 0 Å². The first-order valence-electron chi connectivity index (χ1n) is 40.1. The lowest BCUT2D eigenvalue weighted by Crippen LogP contribution is -2.52. The highest BCUT2D eigenvalue weighted by molar-refractivity contribution is 5.95. The van der Waals surface area contributed by atoms with Crippen molar-refractivity contribution < 1.29 is 27.6 Å². The summed E-state index contributed by atoms with van der Waals surface area (Å²) in [5, 5.41) is 25.3. The number of aromatic nitrogens is 6. The number of halogens is 3. The molecule has 538 valence electrons. The van der Waals surface area contributed by atoms with E-state index in [1.807, 2.05) is 36.4 Å². The topological polar surface area (TPSA) is 141 Å². The molecule has 3 heterocycles. The van der Waals surface area contributed by atoms with Crippen molar-refractivity contribution >= 4 is 17.7 Å². The standard InChI is InChI=1S/C32H44FN3O.C27H36FN3O.C26H34FN3O/c1-31(2)23-17-18-32(3,20-23)30(31)34-29(37)27-26-12-8-7-9-22(19-21-13-15-24(33)16-14-21)28(26)36(35-27)25-10-5-4-6-11-25;28-21-16-14-19(15-17-21)18-20-8-4-7-13-24-25(27(32)29-22-9-5-6-10-22)30-31(26(20)24)23-11-2-1-3-12-23;27-20-15-13-18(14-16-20)17-19-7-4-5-12-23-24(26(31)28-21-8-6-9-21)29-30(25(19)23)22-10-2-1-3-11-22/h13-16,22-23,25,30H,4-12,17-20H2,1-3H3,(H,34,37);14-17,20,22-23H,1-13,18H2,(H,29,32);13-16,19,21-22H,1-12,17H2,(H,28,31)/t22?,23?,30-,32?;;/m1../s1. The highest BCUT2D eigenvalue weighted by Crippen LogP contribution is 2.62. The summed E-state index contributed by atoms with van der Waals surface area (Å²) in [5.41, 5.74) is 13.3. The number of hydrogen-bond donors (Lipinski definition) is 3. The number of nitrogens with zero attached hydrogens (tertiary/aromatic N) is 6. The smallest absolute Gasteiger partial charge is 0.272 e. The minimum Gasteiger partial charge on any atom is -0.348 e. The van der Waals surface area contributed by atoms with E-state index in [4.69, 9.17) is 15.3 Å². The SMILES string of the molecule is CC12CCC(C1)C(C)(C)[C@H]2NC(=O)c1nn(C2CCCCC2)c2c1CCCCC2Cc1ccc(F)cc1.O=C(NC1CCC1)c1nn(C2CCCCC2)c2c1CCCCC2Cc1ccc(F)cc1.O=C(NC1CCCC1)c1nn(C2CCCCC2)c2c1CCCCC2Cc1ccc(F)cc1. The molecule has 15 heteroatoms. The summed E-state index contributed by atoms with van der Waals surface area (Å²) in [7, 11) is 0. The zero-order valence-corrected chi connectivity index (χ0v) is 60.5. The fraction of sp³-hybridized carbons (Fsp3) is 0.647. The highest BCUT2D eigenvalue weighted by atomic mass is 19.1. The predicted molar refractivity (Wildman–Crippen MR) is 390 cm³/mol. The molecule has 3 aromatic heterocycles. The molecular formula is C85H114F3N9O3. The first-order chi connectivity index (χ1) is 48.6. The van der Waals surface area contributed by atoms with Gasteiger partial charge in [-0.2, -0.15) is 15.3 Å². The Morgan fingerprint density at radius 2 is 0.700 bits per heavy atom. The Labute approximate surface area is 593 Å². The molecule has 3 aromatic carbocycles. The lowest BCUT2D eigenvalue weighted by atomic mass is 9.68. The van der Waals surface area contributed by atoms with E-state index in [2.05, 4.69) is 50.8 Å². The molecule has 7 saturated carbocycles. The van der Waals surface area contributed by atoms with Crippen molar-refractivity contribution in [2.24, 2.45) is 16.7 Å². The molecule has 0 saturated heterocycles. The number of fused-ring (bicyclic) bond motifs is 5. The molecule has 6 aromatic rings. The molecular weight excluding hydrogens is 1250 g/mol. The summed E-state index contributed by atoms with van der Waals surface area (Å²) in [5.74, 6) is 1.22. The van der Waals surface area contributed by atoms with E-state index >= 15 is 0 Å². The van der Waals surface area contributed by atoms with Gasteiger partial charge in [0.1, 0.15) is 17.5 Å². The molecule has 0 radical (unpaired) electrons. The maximum Gasteiger partial charge on any atom is 0.272 e. The van der Waals surface area contributed by atoms with Gasteiger partial charge >= 0.3 is 0 Å². The Bertz CT molecular complexity index is 3740. The molecule has 3 amide bonds. The van der Waals surface area contributed by atoms with Crippen LogP contribution in [0.3, 0.4) is 0 Å². The van der Waals surface area contributed by atoms with Crippen molar-refractivity contribution in [1.29, 1.82) is 0 Å². The summed E-state index contributed by atoms with van der Waals surface area (Å²) >= 11 is 0. The van der Waals surface area contributed by atoms with Crippen LogP contribution in [0.5, 0.6) is 0 Å². The normalized spacial score (nSPS) is 25.7. The molecule has 7 fully saturated rings. The monoisotopic (exact) mass is 1370 g/mol. The summed E-state index contributed by atoms with van der Waals surface area (Å²) in [6.07, 6.45) is 45.5. The number of amides is 3. The number of carbonyl (C=O) groups is 3. The number of benzene rings is 3. The van der Waals surface area contributed by atoms with Crippen LogP contribution in [0.2, 0.25) is 0 Å². The largest absolute Gasteiger partial charge is 0.348 e. The zero-order valence-electron chi connectivity index (χ0n) is 60.5. The first-order valence-corrected chi connectivity index (χ1v) is 40.1. The minimum absolute atomic E-state index is 0.0259. The molecule has 3 N–H and O–H groups in total. The second kappa shape index (κ2) is 31.6. The van der Waals surface area contributed by atoms with E-state index in [1.165, 1.54) is 136 Å². The second-order valence-corrected chi connectivity index (χ2v) is 33.5. The Hall–Kier alpha value is -6.51. The fourth-order valence-corrected chi connectivity index (χ4v) is 20.6. The van der Waals surface area contributed by atoms with Crippen molar-refractivity contribution in [3.8, 4) is 0 Å². The second-order valence-electron chi connectivity index (χ2n) is 33.5. The Morgan fingerprint density at radius 1 is 0.390 bits per heavy atom. The van der Waals surface area contributed by atoms with Crippen molar-refractivity contribution in [3.63, 3.8) is 0 Å². The minimum atomic E-state index is -0.187. The quantitative estimate of drug-likeness (QED) is 0.0875. The van der Waals surface area contributed by atoms with Crippen LogP contribution in [-0.4, -0.2) is 65.2 Å². The Morgan fingerprint density at radius 3 is 1.01 bits per heavy atom. The van der Waals surface area contributed by atoms with Gasteiger partial charge in [0.15, 0.2) is 17.1 Å². The lowest BCUT2D eigenvalue weighted by Gasteiger charge is -2.43. The third-order valence-electron chi connectivity index (χ3n) is 26.3. The molecule has 12 nitrogen and oxygen atoms in total. The van der Waals surface area contributed by atoms with Gasteiger partial charge in [-0.3, -0.25) is 28.4 Å².